The number of methoxy groups -OCH3 is 1. The van der Waals surface area contributed by atoms with Crippen LogP contribution in [0.2, 0.25) is 0 Å². The highest BCUT2D eigenvalue weighted by Gasteiger charge is 2.50. The molecule has 0 aromatic heterocycles. The van der Waals surface area contributed by atoms with Crippen molar-refractivity contribution in [1.29, 1.82) is 0 Å². The van der Waals surface area contributed by atoms with Gasteiger partial charge in [-0.3, -0.25) is 0 Å². The molecule has 1 aliphatic heterocycles. The molecule has 1 heterocycles. The zero-order chi connectivity index (χ0) is 20.8. The van der Waals surface area contributed by atoms with Crippen LogP contribution in [-0.2, 0) is 18.9 Å². The Morgan fingerprint density at radius 2 is 1.38 bits per heavy atom. The van der Waals surface area contributed by atoms with Crippen molar-refractivity contribution in [1.82, 2.24) is 0 Å². The molecule has 1 aliphatic rings. The van der Waals surface area contributed by atoms with Crippen LogP contribution in [-0.4, -0.2) is 66.6 Å². The molecule has 2 aromatic rings. The topological polar surface area (TPSA) is 112 Å². The Hall–Kier alpha value is -2.78. The van der Waals surface area contributed by atoms with Gasteiger partial charge in [0.15, 0.2) is 18.5 Å². The lowest BCUT2D eigenvalue weighted by molar-refractivity contribution is -0.292. The van der Waals surface area contributed by atoms with E-state index in [0.717, 1.165) is 0 Å². The molecule has 1 saturated heterocycles. The maximum atomic E-state index is 12.5. The van der Waals surface area contributed by atoms with Gasteiger partial charge in [-0.1, -0.05) is 36.4 Å². The number of aliphatic hydroxyl groups excluding tert-OH is 2. The van der Waals surface area contributed by atoms with Crippen molar-refractivity contribution in [2.75, 3.05) is 13.7 Å². The van der Waals surface area contributed by atoms with Crippen molar-refractivity contribution in [2.45, 2.75) is 30.7 Å². The third kappa shape index (κ3) is 4.80. The molecule has 2 N–H and O–H groups in total. The van der Waals surface area contributed by atoms with E-state index in [1.165, 1.54) is 7.11 Å². The van der Waals surface area contributed by atoms with Gasteiger partial charge in [0, 0.05) is 7.11 Å². The second kappa shape index (κ2) is 9.62. The van der Waals surface area contributed by atoms with Crippen LogP contribution in [0.5, 0.6) is 0 Å². The van der Waals surface area contributed by atoms with Crippen LogP contribution in [0.4, 0.5) is 0 Å². The molecule has 1 fully saturated rings. The minimum absolute atomic E-state index is 0.258. The predicted molar refractivity (Wildman–Crippen MR) is 100 cm³/mol. The molecule has 0 amide bonds. The molecule has 154 valence electrons. The number of carbonyl (C=O) groups is 2. The molecule has 3 rings (SSSR count). The van der Waals surface area contributed by atoms with Crippen molar-refractivity contribution in [3.63, 3.8) is 0 Å². The van der Waals surface area contributed by atoms with Crippen molar-refractivity contribution in [3.05, 3.63) is 71.8 Å². The van der Waals surface area contributed by atoms with Crippen molar-refractivity contribution >= 4 is 11.9 Å². The van der Waals surface area contributed by atoms with Crippen LogP contribution in [0.25, 0.3) is 0 Å². The van der Waals surface area contributed by atoms with E-state index in [2.05, 4.69) is 0 Å². The van der Waals surface area contributed by atoms with Gasteiger partial charge in [-0.25, -0.2) is 9.59 Å². The van der Waals surface area contributed by atoms with Crippen LogP contribution in [0, 0.1) is 0 Å². The molecule has 0 bridgehead atoms. The highest BCUT2D eigenvalue weighted by atomic mass is 16.7. The van der Waals surface area contributed by atoms with Gasteiger partial charge in [0.2, 0.25) is 0 Å². The minimum atomic E-state index is -1.44. The summed E-state index contributed by atoms with van der Waals surface area (Å²) in [6.07, 6.45) is -6.24. The Morgan fingerprint density at radius 1 is 0.897 bits per heavy atom. The first kappa shape index (κ1) is 20.9. The fraction of sp³-hybridized carbons (Fsp3) is 0.333. The van der Waals surface area contributed by atoms with Gasteiger partial charge in [-0.15, -0.1) is 0 Å². The summed E-state index contributed by atoms with van der Waals surface area (Å²) in [4.78, 5) is 25.1. The van der Waals surface area contributed by atoms with Gasteiger partial charge in [0.25, 0.3) is 0 Å². The summed E-state index contributed by atoms with van der Waals surface area (Å²) >= 11 is 0. The molecule has 0 spiro atoms. The molecule has 2 aromatic carbocycles. The molecular formula is C21H22O8. The summed E-state index contributed by atoms with van der Waals surface area (Å²) in [6.45, 7) is -0.542. The lowest BCUT2D eigenvalue weighted by Crippen LogP contribution is -2.61. The Balaban J connectivity index is 1.85. The first-order valence-electron chi connectivity index (χ1n) is 9.04. The molecular weight excluding hydrogens is 380 g/mol. The van der Waals surface area contributed by atoms with Crippen molar-refractivity contribution in [3.8, 4) is 0 Å². The first-order valence-corrected chi connectivity index (χ1v) is 9.04. The average molecular weight is 402 g/mol. The van der Waals surface area contributed by atoms with Crippen LogP contribution < -0.4 is 0 Å². The number of ether oxygens (including phenoxy) is 4. The van der Waals surface area contributed by atoms with Gasteiger partial charge in [0.1, 0.15) is 12.2 Å². The third-order valence-corrected chi connectivity index (χ3v) is 4.54. The van der Waals surface area contributed by atoms with Gasteiger partial charge in [-0.2, -0.15) is 0 Å². The quantitative estimate of drug-likeness (QED) is 0.693. The number of rotatable bonds is 6. The standard InChI is InChI=1S/C21H22O8/c1-26-21-18(29-20(25)14-10-6-3-7-11-14)17(16(23)15(12-22)27-21)28-19(24)13-8-4-2-5-9-13/h2-11,15-18,21-23H,12H2,1H3. The highest BCUT2D eigenvalue weighted by molar-refractivity contribution is 5.90. The fourth-order valence-corrected chi connectivity index (χ4v) is 3.02. The number of hydrogen-bond acceptors (Lipinski definition) is 8. The monoisotopic (exact) mass is 402 g/mol. The smallest absolute Gasteiger partial charge is 0.338 e. The molecule has 0 saturated carbocycles. The number of hydrogen-bond donors (Lipinski definition) is 2. The number of carbonyl (C=O) groups excluding carboxylic acids is 2. The SMILES string of the molecule is COC1OC(CO)C(O)C(OC(=O)c2ccccc2)C1OC(=O)c1ccccc1. The summed E-state index contributed by atoms with van der Waals surface area (Å²) in [6, 6.07) is 16.4. The van der Waals surface area contributed by atoms with E-state index in [0.29, 0.717) is 0 Å². The van der Waals surface area contributed by atoms with Gasteiger partial charge >= 0.3 is 11.9 Å². The summed E-state index contributed by atoms with van der Waals surface area (Å²) in [5.74, 6) is -1.42. The van der Waals surface area contributed by atoms with Crippen molar-refractivity contribution in [2.24, 2.45) is 0 Å². The van der Waals surface area contributed by atoms with Gasteiger partial charge in [-0.05, 0) is 24.3 Å². The number of aliphatic hydroxyl groups is 2. The van der Waals surface area contributed by atoms with Gasteiger partial charge in [0.05, 0.1) is 17.7 Å². The Kier molecular flexibility index (Phi) is 6.95. The van der Waals surface area contributed by atoms with E-state index in [1.54, 1.807) is 60.7 Å². The van der Waals surface area contributed by atoms with E-state index in [4.69, 9.17) is 18.9 Å². The van der Waals surface area contributed by atoms with Crippen LogP contribution >= 0.6 is 0 Å². The Bertz CT molecular complexity index is 810. The molecule has 8 heteroatoms. The van der Waals surface area contributed by atoms with E-state index < -0.39 is 49.3 Å². The van der Waals surface area contributed by atoms with Crippen LogP contribution in [0.3, 0.4) is 0 Å². The summed E-state index contributed by atoms with van der Waals surface area (Å²) in [7, 11) is 1.32. The van der Waals surface area contributed by atoms with E-state index in [9.17, 15) is 19.8 Å². The van der Waals surface area contributed by atoms with E-state index in [1.807, 2.05) is 0 Å². The molecule has 8 nitrogen and oxygen atoms in total. The summed E-state index contributed by atoms with van der Waals surface area (Å²) in [5.41, 5.74) is 0.531. The van der Waals surface area contributed by atoms with E-state index in [-0.39, 0.29) is 11.1 Å². The Labute approximate surface area is 167 Å². The first-order chi connectivity index (χ1) is 14.0. The van der Waals surface area contributed by atoms with Crippen LogP contribution in [0.1, 0.15) is 20.7 Å². The molecule has 29 heavy (non-hydrogen) atoms. The second-order valence-electron chi connectivity index (χ2n) is 6.42. The normalized spacial score (nSPS) is 26.5. The molecule has 5 atom stereocenters. The van der Waals surface area contributed by atoms with Crippen molar-refractivity contribution < 1.29 is 38.7 Å². The average Bonchev–Trinajstić information content (AvgIpc) is 2.77. The maximum absolute atomic E-state index is 12.5. The molecule has 5 unspecified atom stereocenters. The zero-order valence-corrected chi connectivity index (χ0v) is 15.7. The highest BCUT2D eigenvalue weighted by Crippen LogP contribution is 2.28. The lowest BCUT2D eigenvalue weighted by atomic mass is 9.98. The second-order valence-corrected chi connectivity index (χ2v) is 6.42. The number of benzene rings is 2. The predicted octanol–water partition coefficient (Wildman–Crippen LogP) is 1.16. The van der Waals surface area contributed by atoms with E-state index >= 15 is 0 Å². The summed E-state index contributed by atoms with van der Waals surface area (Å²) < 4.78 is 21.7. The minimum Gasteiger partial charge on any atom is -0.452 e. The molecule has 0 aliphatic carbocycles. The zero-order valence-electron chi connectivity index (χ0n) is 15.7. The lowest BCUT2D eigenvalue weighted by Gasteiger charge is -2.42. The van der Waals surface area contributed by atoms with Gasteiger partial charge < -0.3 is 29.2 Å². The Morgan fingerprint density at radius 3 is 1.83 bits per heavy atom. The number of esters is 2. The maximum Gasteiger partial charge on any atom is 0.338 e. The molecule has 0 radical (unpaired) electrons. The fourth-order valence-electron chi connectivity index (χ4n) is 3.02. The van der Waals surface area contributed by atoms with Crippen LogP contribution in [0.15, 0.2) is 60.7 Å². The summed E-state index contributed by atoms with van der Waals surface area (Å²) in [5, 5.41) is 20.1. The largest absolute Gasteiger partial charge is 0.452 e. The third-order valence-electron chi connectivity index (χ3n) is 4.54.